The summed E-state index contributed by atoms with van der Waals surface area (Å²) >= 11 is 0. The molecule has 4 aliphatic carbocycles. The molecular weight excluding hydrogens is 765 g/mol. The molecule has 1 aliphatic heterocycles. The lowest BCUT2D eigenvalue weighted by Gasteiger charge is -2.38. The highest BCUT2D eigenvalue weighted by Crippen LogP contribution is 2.51. The zero-order chi connectivity index (χ0) is 42.1. The van der Waals surface area contributed by atoms with Gasteiger partial charge >= 0.3 is 0 Å². The van der Waals surface area contributed by atoms with Gasteiger partial charge < -0.3 is 14.5 Å². The van der Waals surface area contributed by atoms with Gasteiger partial charge in [0.25, 0.3) is 0 Å². The van der Waals surface area contributed by atoms with E-state index in [4.69, 9.17) is 4.74 Å². The summed E-state index contributed by atoms with van der Waals surface area (Å²) in [5.74, 6) is 1.90. The summed E-state index contributed by atoms with van der Waals surface area (Å²) in [5, 5.41) is 4.98. The number of ether oxygens (including phenoxy) is 1. The Kier molecular flexibility index (Phi) is 10.1. The summed E-state index contributed by atoms with van der Waals surface area (Å²) < 4.78 is 7.04. The Bertz CT molecular complexity index is 3190. The molecule has 11 rings (SSSR count). The maximum Gasteiger partial charge on any atom is 0.135 e. The van der Waals surface area contributed by atoms with Gasteiger partial charge in [-0.3, -0.25) is 0 Å². The number of hydrogen-bond donors (Lipinski definition) is 0. The first-order valence-corrected chi connectivity index (χ1v) is 22.2. The number of allylic oxidation sites excluding steroid dienone is 15. The number of nitrogens with zero attached hydrogens (tertiary/aromatic N) is 2. The highest BCUT2D eigenvalue weighted by atomic mass is 16.5. The molecule has 0 N–H and O–H groups in total. The Morgan fingerprint density at radius 3 is 2.37 bits per heavy atom. The van der Waals surface area contributed by atoms with Crippen molar-refractivity contribution >= 4 is 45.2 Å². The highest BCUT2D eigenvalue weighted by molar-refractivity contribution is 5.93. The Morgan fingerprint density at radius 1 is 0.714 bits per heavy atom. The Labute approximate surface area is 370 Å². The van der Waals surface area contributed by atoms with Crippen molar-refractivity contribution in [2.24, 2.45) is 5.92 Å². The van der Waals surface area contributed by atoms with Crippen molar-refractivity contribution in [1.82, 2.24) is 0 Å². The lowest BCUT2D eigenvalue weighted by Crippen LogP contribution is -2.35. The Morgan fingerprint density at radius 2 is 1.51 bits per heavy atom. The largest absolute Gasteiger partial charge is 0.456 e. The van der Waals surface area contributed by atoms with Crippen LogP contribution in [-0.4, -0.2) is 0 Å². The maximum absolute atomic E-state index is 7.04. The van der Waals surface area contributed by atoms with Crippen molar-refractivity contribution in [3.05, 3.63) is 257 Å². The molecule has 0 fully saturated rings. The molecule has 0 amide bonds. The summed E-state index contributed by atoms with van der Waals surface area (Å²) in [6.45, 7) is 4.34. The van der Waals surface area contributed by atoms with Crippen LogP contribution in [0.1, 0.15) is 37.7 Å². The maximum atomic E-state index is 7.04. The zero-order valence-corrected chi connectivity index (χ0v) is 35.3. The average molecular weight is 813 g/mol. The number of hydrogen-bond acceptors (Lipinski definition) is 3. The van der Waals surface area contributed by atoms with Crippen LogP contribution in [0.5, 0.6) is 5.75 Å². The van der Waals surface area contributed by atoms with E-state index < -0.39 is 0 Å². The number of anilines is 3. The van der Waals surface area contributed by atoms with Crippen molar-refractivity contribution in [3.63, 3.8) is 0 Å². The van der Waals surface area contributed by atoms with Crippen LogP contribution in [0.15, 0.2) is 241 Å². The summed E-state index contributed by atoms with van der Waals surface area (Å²) in [6.07, 6.45) is 31.7. The lowest BCUT2D eigenvalue weighted by atomic mass is 9.77. The second kappa shape index (κ2) is 16.7. The van der Waals surface area contributed by atoms with E-state index in [2.05, 4.69) is 223 Å². The van der Waals surface area contributed by atoms with Crippen LogP contribution in [0.3, 0.4) is 0 Å². The standard InChI is InChI=1S/C60H48N2O/c1-2-49(26-13-18-42-16-5-3-6-17-42)61(51-35-32-44-21-9-10-23-47(44)38-51)53-39-48-25-14-28-55-56-40-52(36-37-58(56)63-59(41-53)60(48)55)62(57-29-15-24-46-22-11-12-27-54(46)57)50-33-30-45(31-34-50)43-19-7-4-8-20-43/h2,4-5,7-14,16-28,30-38,40-41,48H,1,3,6,15,29,39H2/b18-13+,49-26+. The molecule has 6 aromatic carbocycles. The molecule has 6 aromatic rings. The van der Waals surface area contributed by atoms with Crippen LogP contribution >= 0.6 is 0 Å². The third kappa shape index (κ3) is 7.36. The summed E-state index contributed by atoms with van der Waals surface area (Å²) in [5.41, 5.74) is 14.1. The molecule has 1 heterocycles. The molecule has 3 nitrogen and oxygen atoms in total. The molecule has 0 bridgehead atoms. The van der Waals surface area contributed by atoms with Crippen molar-refractivity contribution in [1.29, 1.82) is 0 Å². The van der Waals surface area contributed by atoms with Crippen LogP contribution in [-0.2, 0) is 0 Å². The third-order valence-corrected chi connectivity index (χ3v) is 12.8. The average Bonchev–Trinajstić information content (AvgIpc) is 3.34. The summed E-state index contributed by atoms with van der Waals surface area (Å²) in [4.78, 5) is 4.84. The number of rotatable bonds is 10. The SMILES string of the molecule is C=C/C(=C\C=C\C1=CCCC=C1)N(C1=CC2=C3C(=CC=CC3C1)c1cc(N(C3=c4ccccc4=CCC3)c3ccc(-c4ccccc4)cc3)ccc1O2)c1ccc2ccccc2c1. The molecule has 0 saturated carbocycles. The van der Waals surface area contributed by atoms with Gasteiger partial charge in [-0.15, -0.1) is 0 Å². The van der Waals surface area contributed by atoms with E-state index in [1.165, 1.54) is 54.8 Å². The fourth-order valence-electron chi connectivity index (χ4n) is 9.83. The quantitative estimate of drug-likeness (QED) is 0.128. The lowest BCUT2D eigenvalue weighted by molar-refractivity contribution is 0.418. The molecule has 0 aromatic heterocycles. The van der Waals surface area contributed by atoms with Crippen molar-refractivity contribution in [2.45, 2.75) is 32.1 Å². The Balaban J connectivity index is 1.00. The second-order valence-corrected chi connectivity index (χ2v) is 16.7. The van der Waals surface area contributed by atoms with Gasteiger partial charge in [0.2, 0.25) is 0 Å². The van der Waals surface area contributed by atoms with Crippen molar-refractivity contribution in [2.75, 3.05) is 9.80 Å². The zero-order valence-electron chi connectivity index (χ0n) is 35.3. The Hall–Kier alpha value is -7.62. The molecule has 0 radical (unpaired) electrons. The highest BCUT2D eigenvalue weighted by Gasteiger charge is 2.36. The van der Waals surface area contributed by atoms with Gasteiger partial charge in [-0.1, -0.05) is 158 Å². The molecule has 63 heavy (non-hydrogen) atoms. The van der Waals surface area contributed by atoms with Crippen LogP contribution in [0.4, 0.5) is 17.1 Å². The van der Waals surface area contributed by atoms with Crippen LogP contribution in [0, 0.1) is 5.92 Å². The minimum Gasteiger partial charge on any atom is -0.456 e. The third-order valence-electron chi connectivity index (χ3n) is 12.8. The topological polar surface area (TPSA) is 15.7 Å². The fourth-order valence-corrected chi connectivity index (χ4v) is 9.83. The van der Waals surface area contributed by atoms with E-state index in [0.717, 1.165) is 77.6 Å². The minimum atomic E-state index is 0.135. The van der Waals surface area contributed by atoms with Gasteiger partial charge in [-0.2, -0.15) is 0 Å². The predicted molar refractivity (Wildman–Crippen MR) is 265 cm³/mol. The molecule has 5 aliphatic rings. The van der Waals surface area contributed by atoms with Gasteiger partial charge in [-0.05, 0) is 125 Å². The normalized spacial score (nSPS) is 17.5. The van der Waals surface area contributed by atoms with E-state index >= 15 is 0 Å². The van der Waals surface area contributed by atoms with Crippen LogP contribution in [0.2, 0.25) is 0 Å². The molecule has 1 unspecified atom stereocenters. The monoisotopic (exact) mass is 812 g/mol. The minimum absolute atomic E-state index is 0.135. The predicted octanol–water partition coefficient (Wildman–Crippen LogP) is 13.9. The molecule has 304 valence electrons. The van der Waals surface area contributed by atoms with E-state index in [1.54, 1.807) is 0 Å². The van der Waals surface area contributed by atoms with Gasteiger partial charge in [-0.25, -0.2) is 0 Å². The van der Waals surface area contributed by atoms with E-state index in [9.17, 15) is 0 Å². The van der Waals surface area contributed by atoms with Gasteiger partial charge in [0, 0.05) is 62.5 Å². The second-order valence-electron chi connectivity index (χ2n) is 16.7. The summed E-state index contributed by atoms with van der Waals surface area (Å²) in [7, 11) is 0. The fraction of sp³-hybridized carbons (Fsp3) is 0.100. The molecule has 3 heteroatoms. The molecule has 1 atom stereocenters. The van der Waals surface area contributed by atoms with Gasteiger partial charge in [0.15, 0.2) is 0 Å². The van der Waals surface area contributed by atoms with Crippen molar-refractivity contribution < 1.29 is 4.74 Å². The first kappa shape index (κ1) is 38.3. The summed E-state index contributed by atoms with van der Waals surface area (Å²) in [6, 6.07) is 50.5. The number of fused-ring (bicyclic) bond motifs is 4. The first-order chi connectivity index (χ1) is 31.2. The van der Waals surface area contributed by atoms with Crippen LogP contribution < -0.4 is 25.0 Å². The first-order valence-electron chi connectivity index (χ1n) is 22.2. The molecular formula is C60H48N2O. The van der Waals surface area contributed by atoms with Crippen molar-refractivity contribution in [3.8, 4) is 16.9 Å². The van der Waals surface area contributed by atoms with Gasteiger partial charge in [0.1, 0.15) is 11.5 Å². The van der Waals surface area contributed by atoms with Crippen LogP contribution in [0.25, 0.3) is 39.2 Å². The molecule has 0 saturated heterocycles. The number of benzene rings is 6. The smallest absolute Gasteiger partial charge is 0.135 e. The molecule has 0 spiro atoms. The van der Waals surface area contributed by atoms with Gasteiger partial charge in [0.05, 0.1) is 0 Å². The van der Waals surface area contributed by atoms with E-state index in [0.29, 0.717) is 0 Å². The van der Waals surface area contributed by atoms with E-state index in [1.807, 2.05) is 6.08 Å². The van der Waals surface area contributed by atoms with E-state index in [-0.39, 0.29) is 5.92 Å².